The Morgan fingerprint density at radius 2 is 1.68 bits per heavy atom. The van der Waals surface area contributed by atoms with Crippen LogP contribution in [-0.2, 0) is 6.54 Å². The summed E-state index contributed by atoms with van der Waals surface area (Å²) in [6.07, 6.45) is 3.76. The van der Waals surface area contributed by atoms with Crippen LogP contribution in [0.25, 0.3) is 21.9 Å². The highest BCUT2D eigenvalue weighted by Crippen LogP contribution is 2.22. The quantitative estimate of drug-likeness (QED) is 0.714. The van der Waals surface area contributed by atoms with Crippen LogP contribution in [0, 0.1) is 0 Å². The maximum Gasteiger partial charge on any atom is 0.107 e. The molecule has 3 rings (SSSR count). The van der Waals surface area contributed by atoms with Crippen LogP contribution in [0.15, 0.2) is 36.8 Å². The Labute approximate surface area is 148 Å². The molecule has 124 valence electrons. The molecule has 22 heavy (non-hydrogen) atoms. The number of benzene rings is 1. The molecule has 0 spiro atoms. The van der Waals surface area contributed by atoms with Crippen LogP contribution in [0.2, 0.25) is 0 Å². The number of hydrogen-bond donors (Lipinski definition) is 0. The van der Waals surface area contributed by atoms with Crippen molar-refractivity contribution >= 4 is 59.2 Å². The van der Waals surface area contributed by atoms with Crippen molar-refractivity contribution < 1.29 is 5.48 Å². The lowest BCUT2D eigenvalue weighted by Crippen LogP contribution is -2.18. The minimum absolute atomic E-state index is 0. The molecule has 1 aromatic carbocycles. The predicted octanol–water partition coefficient (Wildman–Crippen LogP) is 2.59. The fourth-order valence-corrected chi connectivity index (χ4v) is 2.18. The highest BCUT2D eigenvalue weighted by atomic mass is 35.5. The first-order chi connectivity index (χ1) is 8.75. The second kappa shape index (κ2) is 9.82. The van der Waals surface area contributed by atoms with E-state index in [1.54, 1.807) is 0 Å². The predicted molar refractivity (Wildman–Crippen MR) is 98.9 cm³/mol. The van der Waals surface area contributed by atoms with E-state index in [2.05, 4.69) is 39.6 Å². The molecule has 0 aliphatic rings. The van der Waals surface area contributed by atoms with Gasteiger partial charge in [0.25, 0.3) is 0 Å². The van der Waals surface area contributed by atoms with Gasteiger partial charge in [0.15, 0.2) is 0 Å². The monoisotopic (exact) mass is 366 g/mol. The molecule has 2 aromatic heterocycles. The molecule has 0 aliphatic carbocycles. The largest absolute Gasteiger partial charge is 0.412 e. The number of rotatable bonds is 3. The molecule has 0 unspecified atom stereocenters. The van der Waals surface area contributed by atoms with Crippen LogP contribution in [0.3, 0.4) is 0 Å². The van der Waals surface area contributed by atoms with Gasteiger partial charge in [0.2, 0.25) is 0 Å². The molecule has 3 aromatic rings. The molecular weight excluding hydrogens is 347 g/mol. The zero-order chi connectivity index (χ0) is 12.5. The Bertz CT molecular complexity index is 703. The summed E-state index contributed by atoms with van der Waals surface area (Å²) in [6, 6.07) is 8.21. The smallest absolute Gasteiger partial charge is 0.107 e. The maximum atomic E-state index is 4.43. The van der Waals surface area contributed by atoms with Gasteiger partial charge >= 0.3 is 0 Å². The molecule has 0 atom stereocenters. The van der Waals surface area contributed by atoms with E-state index in [0.29, 0.717) is 0 Å². The molecule has 2 N–H and O–H groups in total. The molecular formula is C14H21Cl3N4O. The van der Waals surface area contributed by atoms with Crippen LogP contribution in [-0.4, -0.2) is 45.6 Å². The first kappa shape index (κ1) is 23.2. The Morgan fingerprint density at radius 3 is 2.36 bits per heavy atom. The average molecular weight is 368 g/mol. The zero-order valence-electron chi connectivity index (χ0n) is 12.4. The minimum atomic E-state index is 0. The van der Waals surface area contributed by atoms with E-state index in [9.17, 15) is 0 Å². The number of halogens is 3. The van der Waals surface area contributed by atoms with Crippen LogP contribution < -0.4 is 0 Å². The summed E-state index contributed by atoms with van der Waals surface area (Å²) in [4.78, 5) is 11.0. The van der Waals surface area contributed by atoms with Crippen LogP contribution in [0.1, 0.15) is 0 Å². The van der Waals surface area contributed by atoms with Crippen molar-refractivity contribution in [2.24, 2.45) is 0 Å². The summed E-state index contributed by atoms with van der Waals surface area (Å²) >= 11 is 0. The number of likely N-dealkylation sites (N-methyl/N-ethyl adjacent to an activating group) is 1. The molecule has 0 saturated carbocycles. The summed E-state index contributed by atoms with van der Waals surface area (Å²) in [5.74, 6) is 0. The van der Waals surface area contributed by atoms with E-state index in [4.69, 9.17) is 0 Å². The average Bonchev–Trinajstić information content (AvgIpc) is 2.80. The van der Waals surface area contributed by atoms with Crippen molar-refractivity contribution in [2.75, 3.05) is 20.6 Å². The van der Waals surface area contributed by atoms with E-state index in [1.807, 2.05) is 30.7 Å². The second-order valence-electron chi connectivity index (χ2n) is 4.75. The Balaban J connectivity index is 0. The van der Waals surface area contributed by atoms with Gasteiger partial charge < -0.3 is 14.9 Å². The number of hydrogen-bond acceptors (Lipinski definition) is 3. The molecule has 0 radical (unpaired) electrons. The minimum Gasteiger partial charge on any atom is -0.412 e. The number of para-hydroxylation sites is 1. The first-order valence-electron chi connectivity index (χ1n) is 6.09. The summed E-state index contributed by atoms with van der Waals surface area (Å²) in [5, 5.41) is 1.17. The number of pyridine rings is 1. The van der Waals surface area contributed by atoms with Crippen molar-refractivity contribution in [2.45, 2.75) is 6.54 Å². The molecule has 0 saturated heterocycles. The van der Waals surface area contributed by atoms with Gasteiger partial charge in [0, 0.05) is 18.5 Å². The van der Waals surface area contributed by atoms with Gasteiger partial charge in [-0.05, 0) is 20.2 Å². The molecule has 2 heterocycles. The highest BCUT2D eigenvalue weighted by molar-refractivity contribution is 6.01. The standard InChI is InChI=1S/C14H16N4.3ClH.H2O/c1-17(2)7-8-18-10-16-13-9-15-12-6-4-3-5-11(12)14(13)18;;;;/h3-6,9-10H,7-8H2,1-2H3;3*1H;1H2. The van der Waals surface area contributed by atoms with E-state index >= 15 is 0 Å². The molecule has 0 amide bonds. The zero-order valence-corrected chi connectivity index (χ0v) is 14.8. The highest BCUT2D eigenvalue weighted by Gasteiger charge is 2.07. The van der Waals surface area contributed by atoms with E-state index in [0.717, 1.165) is 24.1 Å². The van der Waals surface area contributed by atoms with Gasteiger partial charge in [-0.3, -0.25) is 4.98 Å². The first-order valence-corrected chi connectivity index (χ1v) is 6.09. The van der Waals surface area contributed by atoms with Gasteiger partial charge in [-0.2, -0.15) is 0 Å². The van der Waals surface area contributed by atoms with E-state index in [-0.39, 0.29) is 42.7 Å². The van der Waals surface area contributed by atoms with Gasteiger partial charge in [0.1, 0.15) is 5.52 Å². The fourth-order valence-electron chi connectivity index (χ4n) is 2.18. The summed E-state index contributed by atoms with van der Waals surface area (Å²) in [7, 11) is 4.16. The SMILES string of the molecule is CN(C)CCn1cnc2cnc3ccccc3c21.Cl.Cl.Cl.O. The lowest BCUT2D eigenvalue weighted by atomic mass is 10.2. The number of aromatic nitrogens is 3. The van der Waals surface area contributed by atoms with E-state index < -0.39 is 0 Å². The molecule has 0 fully saturated rings. The normalized spacial score (nSPS) is 9.59. The number of imidazole rings is 1. The molecule has 8 heteroatoms. The van der Waals surface area contributed by atoms with Crippen molar-refractivity contribution in [3.8, 4) is 0 Å². The van der Waals surface area contributed by atoms with Gasteiger partial charge in [0.05, 0.1) is 23.6 Å². The van der Waals surface area contributed by atoms with Crippen molar-refractivity contribution in [3.63, 3.8) is 0 Å². The Kier molecular flexibility index (Phi) is 10.3. The Hall–Kier alpha value is -1.11. The lowest BCUT2D eigenvalue weighted by molar-refractivity contribution is 0.386. The Morgan fingerprint density at radius 1 is 1.00 bits per heavy atom. The van der Waals surface area contributed by atoms with Crippen LogP contribution in [0.4, 0.5) is 0 Å². The topological polar surface area (TPSA) is 65.5 Å². The van der Waals surface area contributed by atoms with Crippen LogP contribution in [0.5, 0.6) is 0 Å². The van der Waals surface area contributed by atoms with Gasteiger partial charge in [-0.25, -0.2) is 4.98 Å². The fraction of sp³-hybridized carbons (Fsp3) is 0.286. The molecule has 0 aliphatic heterocycles. The van der Waals surface area contributed by atoms with Crippen LogP contribution >= 0.6 is 37.2 Å². The number of fused-ring (bicyclic) bond motifs is 3. The molecule has 5 nitrogen and oxygen atoms in total. The summed E-state index contributed by atoms with van der Waals surface area (Å²) < 4.78 is 2.21. The number of nitrogens with zero attached hydrogens (tertiary/aromatic N) is 4. The van der Waals surface area contributed by atoms with Crippen molar-refractivity contribution in [1.82, 2.24) is 19.4 Å². The third-order valence-electron chi connectivity index (χ3n) is 3.14. The second-order valence-corrected chi connectivity index (χ2v) is 4.75. The molecule has 0 bridgehead atoms. The van der Waals surface area contributed by atoms with Gasteiger partial charge in [-0.1, -0.05) is 18.2 Å². The summed E-state index contributed by atoms with van der Waals surface area (Å²) in [6.45, 7) is 1.94. The van der Waals surface area contributed by atoms with Crippen molar-refractivity contribution in [1.29, 1.82) is 0 Å². The third-order valence-corrected chi connectivity index (χ3v) is 3.14. The third kappa shape index (κ3) is 4.44. The summed E-state index contributed by atoms with van der Waals surface area (Å²) in [5.41, 5.74) is 3.17. The van der Waals surface area contributed by atoms with Gasteiger partial charge in [-0.15, -0.1) is 37.2 Å². The van der Waals surface area contributed by atoms with E-state index in [1.165, 1.54) is 10.9 Å². The van der Waals surface area contributed by atoms with Crippen molar-refractivity contribution in [3.05, 3.63) is 36.8 Å². The lowest BCUT2D eigenvalue weighted by Gasteiger charge is -2.11. The maximum absolute atomic E-state index is 4.43.